The summed E-state index contributed by atoms with van der Waals surface area (Å²) in [6.07, 6.45) is 2.72. The van der Waals surface area contributed by atoms with E-state index in [1.165, 1.54) is 11.8 Å². The number of rotatable bonds is 6. The maximum absolute atomic E-state index is 11.5. The molecular weight excluding hydrogens is 316 g/mol. The van der Waals surface area contributed by atoms with Crippen molar-refractivity contribution in [2.45, 2.75) is 18.4 Å². The van der Waals surface area contributed by atoms with Crippen molar-refractivity contribution in [3.05, 3.63) is 10.7 Å². The molecule has 0 unspecified atom stereocenters. The molecule has 0 aliphatic heterocycles. The number of hydrogen-bond acceptors (Lipinski definition) is 5. The summed E-state index contributed by atoms with van der Waals surface area (Å²) in [6, 6.07) is 0. The van der Waals surface area contributed by atoms with Crippen LogP contribution in [0.15, 0.2) is 15.7 Å². The molecule has 18 heavy (non-hydrogen) atoms. The number of nitrogens with one attached hydrogen (secondary N) is 1. The number of aromatic nitrogens is 2. The van der Waals surface area contributed by atoms with Crippen LogP contribution in [0.5, 0.6) is 0 Å². The van der Waals surface area contributed by atoms with Gasteiger partial charge >= 0.3 is 0 Å². The van der Waals surface area contributed by atoms with Gasteiger partial charge in [0.1, 0.15) is 5.03 Å². The van der Waals surface area contributed by atoms with Gasteiger partial charge in [0.25, 0.3) is 0 Å². The Morgan fingerprint density at radius 2 is 2.28 bits per heavy atom. The lowest BCUT2D eigenvalue weighted by atomic mass is 10.5. The Balaban J connectivity index is 2.66. The van der Waals surface area contributed by atoms with Crippen LogP contribution in [0.3, 0.4) is 0 Å². The highest BCUT2D eigenvalue weighted by Crippen LogP contribution is 2.25. The third-order valence-electron chi connectivity index (χ3n) is 2.08. The van der Waals surface area contributed by atoms with Crippen LogP contribution < -0.4 is 5.32 Å². The van der Waals surface area contributed by atoms with Gasteiger partial charge in [-0.2, -0.15) is 0 Å². The van der Waals surface area contributed by atoms with Gasteiger partial charge in [-0.15, -0.1) is 0 Å². The summed E-state index contributed by atoms with van der Waals surface area (Å²) in [4.78, 5) is 21.6. The van der Waals surface area contributed by atoms with E-state index in [2.05, 4.69) is 38.1 Å². The van der Waals surface area contributed by atoms with Crippen molar-refractivity contribution in [3.8, 4) is 0 Å². The fourth-order valence-corrected chi connectivity index (χ4v) is 2.43. The molecule has 1 rings (SSSR count). The van der Waals surface area contributed by atoms with Crippen molar-refractivity contribution in [1.29, 1.82) is 0 Å². The van der Waals surface area contributed by atoms with E-state index in [1.807, 2.05) is 0 Å². The molecule has 100 valence electrons. The number of thioether (sulfide) groups is 1. The molecule has 1 aromatic rings. The number of nitrogens with zero attached hydrogens (tertiary/aromatic N) is 3. The lowest BCUT2D eigenvalue weighted by Gasteiger charge is -2.10. The van der Waals surface area contributed by atoms with Crippen molar-refractivity contribution in [2.24, 2.45) is 0 Å². The van der Waals surface area contributed by atoms with Crippen LogP contribution in [0.4, 0.5) is 5.95 Å². The summed E-state index contributed by atoms with van der Waals surface area (Å²) < 4.78 is 0.807. The summed E-state index contributed by atoms with van der Waals surface area (Å²) in [5.74, 6) is 1.03. The predicted molar refractivity (Wildman–Crippen MR) is 77.9 cm³/mol. The average Bonchev–Trinajstić information content (AvgIpc) is 2.35. The van der Waals surface area contributed by atoms with Crippen molar-refractivity contribution in [1.82, 2.24) is 14.9 Å². The van der Waals surface area contributed by atoms with Gasteiger partial charge in [-0.05, 0) is 22.4 Å². The maximum Gasteiger partial charge on any atom is 0.232 e. The first-order chi connectivity index (χ1) is 8.54. The first kappa shape index (κ1) is 15.2. The molecule has 0 fully saturated rings. The fraction of sp³-hybridized carbons (Fsp3) is 0.545. The highest BCUT2D eigenvalue weighted by molar-refractivity contribution is 9.10. The normalized spacial score (nSPS) is 10.2. The van der Waals surface area contributed by atoms with Crippen molar-refractivity contribution < 1.29 is 4.79 Å². The van der Waals surface area contributed by atoms with E-state index < -0.39 is 0 Å². The minimum absolute atomic E-state index is 0.0635. The van der Waals surface area contributed by atoms with Gasteiger partial charge in [0.05, 0.1) is 10.2 Å². The summed E-state index contributed by atoms with van der Waals surface area (Å²) in [7, 11) is 3.48. The Morgan fingerprint density at radius 1 is 1.56 bits per heavy atom. The van der Waals surface area contributed by atoms with Crippen LogP contribution in [0.25, 0.3) is 0 Å². The smallest absolute Gasteiger partial charge is 0.232 e. The number of carbonyl (C=O) groups is 1. The molecule has 0 atom stereocenters. The Morgan fingerprint density at radius 3 is 2.89 bits per heavy atom. The standard InChI is InChI=1S/C11H17BrN4OS/c1-4-5-13-11-14-6-8(12)10(15-11)18-7-9(17)16(2)3/h6H,4-5,7H2,1-3H3,(H,13,14,15). The van der Waals surface area contributed by atoms with Gasteiger partial charge in [-0.3, -0.25) is 4.79 Å². The third-order valence-corrected chi connectivity index (χ3v) is 3.89. The number of halogens is 1. The van der Waals surface area contributed by atoms with Crippen molar-refractivity contribution in [2.75, 3.05) is 31.7 Å². The number of hydrogen-bond donors (Lipinski definition) is 1. The van der Waals surface area contributed by atoms with E-state index >= 15 is 0 Å². The highest BCUT2D eigenvalue weighted by Gasteiger charge is 2.10. The summed E-state index contributed by atoms with van der Waals surface area (Å²) in [6.45, 7) is 2.92. The van der Waals surface area contributed by atoms with E-state index in [0.29, 0.717) is 11.7 Å². The van der Waals surface area contributed by atoms with Gasteiger partial charge in [-0.1, -0.05) is 18.7 Å². The van der Waals surface area contributed by atoms with Crippen LogP contribution >= 0.6 is 27.7 Å². The molecule has 0 bridgehead atoms. The average molecular weight is 333 g/mol. The maximum atomic E-state index is 11.5. The van der Waals surface area contributed by atoms with E-state index in [9.17, 15) is 4.79 Å². The first-order valence-corrected chi connectivity index (χ1v) is 7.41. The Bertz CT molecular complexity index is 414. The molecule has 0 radical (unpaired) electrons. The second-order valence-electron chi connectivity index (χ2n) is 3.85. The Kier molecular flexibility index (Phi) is 6.42. The first-order valence-electron chi connectivity index (χ1n) is 5.64. The van der Waals surface area contributed by atoms with Crippen LogP contribution in [-0.2, 0) is 4.79 Å². The summed E-state index contributed by atoms with van der Waals surface area (Å²) >= 11 is 4.79. The molecule has 1 N–H and O–H groups in total. The lowest BCUT2D eigenvalue weighted by Crippen LogP contribution is -2.23. The topological polar surface area (TPSA) is 58.1 Å². The Labute approximate surface area is 120 Å². The van der Waals surface area contributed by atoms with E-state index in [1.54, 1.807) is 25.2 Å². The zero-order valence-corrected chi connectivity index (χ0v) is 13.1. The zero-order valence-electron chi connectivity index (χ0n) is 10.7. The minimum Gasteiger partial charge on any atom is -0.354 e. The van der Waals surface area contributed by atoms with Crippen LogP contribution in [0, 0.1) is 0 Å². The molecular formula is C11H17BrN4OS. The zero-order chi connectivity index (χ0) is 13.5. The van der Waals surface area contributed by atoms with Crippen LogP contribution in [0.2, 0.25) is 0 Å². The van der Waals surface area contributed by atoms with Gasteiger partial charge < -0.3 is 10.2 Å². The molecule has 0 aliphatic carbocycles. The Hall–Kier alpha value is -0.820. The molecule has 0 aromatic carbocycles. The fourth-order valence-electron chi connectivity index (χ4n) is 1.03. The van der Waals surface area contributed by atoms with E-state index in [0.717, 1.165) is 22.5 Å². The second-order valence-corrected chi connectivity index (χ2v) is 5.67. The molecule has 0 spiro atoms. The SMILES string of the molecule is CCCNc1ncc(Br)c(SCC(=O)N(C)C)n1. The van der Waals surface area contributed by atoms with Gasteiger partial charge in [0.2, 0.25) is 11.9 Å². The minimum atomic E-state index is 0.0635. The van der Waals surface area contributed by atoms with Gasteiger partial charge in [-0.25, -0.2) is 9.97 Å². The molecule has 5 nitrogen and oxygen atoms in total. The summed E-state index contributed by atoms with van der Waals surface area (Å²) in [5, 5.41) is 3.90. The summed E-state index contributed by atoms with van der Waals surface area (Å²) in [5.41, 5.74) is 0. The number of amides is 1. The molecule has 1 amide bonds. The van der Waals surface area contributed by atoms with Crippen molar-refractivity contribution in [3.63, 3.8) is 0 Å². The van der Waals surface area contributed by atoms with Crippen molar-refractivity contribution >= 4 is 39.5 Å². The molecule has 0 saturated carbocycles. The third kappa shape index (κ3) is 4.81. The van der Waals surface area contributed by atoms with Gasteiger partial charge in [0.15, 0.2) is 0 Å². The quantitative estimate of drug-likeness (QED) is 0.639. The molecule has 1 aromatic heterocycles. The van der Waals surface area contributed by atoms with Crippen LogP contribution in [0.1, 0.15) is 13.3 Å². The largest absolute Gasteiger partial charge is 0.354 e. The highest BCUT2D eigenvalue weighted by atomic mass is 79.9. The molecule has 7 heteroatoms. The monoisotopic (exact) mass is 332 g/mol. The molecule has 0 saturated heterocycles. The van der Waals surface area contributed by atoms with Crippen LogP contribution in [-0.4, -0.2) is 47.2 Å². The van der Waals surface area contributed by atoms with E-state index in [-0.39, 0.29) is 5.91 Å². The second kappa shape index (κ2) is 7.58. The molecule has 0 aliphatic rings. The van der Waals surface area contributed by atoms with Gasteiger partial charge in [0, 0.05) is 26.8 Å². The number of anilines is 1. The molecule has 1 heterocycles. The predicted octanol–water partition coefficient (Wildman–Crippen LogP) is 2.24. The van der Waals surface area contributed by atoms with E-state index in [4.69, 9.17) is 0 Å². The number of carbonyl (C=O) groups excluding carboxylic acids is 1. The lowest BCUT2D eigenvalue weighted by molar-refractivity contribution is -0.125.